The first-order valence-corrected chi connectivity index (χ1v) is 8.37. The van der Waals surface area contributed by atoms with Crippen LogP contribution >= 0.6 is 0 Å². The van der Waals surface area contributed by atoms with E-state index in [0.717, 1.165) is 27.8 Å². The smallest absolute Gasteiger partial charge is 0.304 e. The van der Waals surface area contributed by atoms with Gasteiger partial charge in [-0.1, -0.05) is 91.0 Å². The van der Waals surface area contributed by atoms with Crippen molar-refractivity contribution in [2.24, 2.45) is 0 Å². The molecule has 0 radical (unpaired) electrons. The van der Waals surface area contributed by atoms with Crippen molar-refractivity contribution in [2.45, 2.75) is 11.8 Å². The lowest BCUT2D eigenvalue weighted by molar-refractivity contribution is -0.137. The second-order valence-electron chi connectivity index (χ2n) is 6.32. The van der Waals surface area contributed by atoms with E-state index in [-0.39, 0.29) is 6.42 Å². The number of carboxylic acid groups (broad SMARTS) is 1. The summed E-state index contributed by atoms with van der Waals surface area (Å²) in [5.41, 5.74) is 4.89. The van der Waals surface area contributed by atoms with E-state index < -0.39 is 11.4 Å². The molecule has 0 spiro atoms. The highest BCUT2D eigenvalue weighted by Gasteiger charge is 2.56. The molecular weight excluding hydrogens is 308 g/mol. The Kier molecular flexibility index (Phi) is 3.73. The van der Waals surface area contributed by atoms with Gasteiger partial charge in [0.15, 0.2) is 0 Å². The standard InChI is InChI=1S/C23H18O2/c24-20(25)16-23(19-14-8-3-9-15-19)21(17-10-4-1-5-11-17)22(23)18-12-6-2-7-13-18/h1-15H,16H2,(H,24,25). The van der Waals surface area contributed by atoms with Crippen LogP contribution in [0.2, 0.25) is 0 Å². The average Bonchev–Trinajstić information content (AvgIpc) is 3.32. The summed E-state index contributed by atoms with van der Waals surface area (Å²) in [6.45, 7) is 0. The van der Waals surface area contributed by atoms with E-state index in [4.69, 9.17) is 0 Å². The number of carbonyl (C=O) groups is 1. The molecule has 0 bridgehead atoms. The Bertz CT molecular complexity index is 876. The molecule has 3 aromatic carbocycles. The van der Waals surface area contributed by atoms with Crippen molar-refractivity contribution < 1.29 is 9.90 Å². The zero-order chi connectivity index (χ0) is 17.3. The summed E-state index contributed by atoms with van der Waals surface area (Å²) in [5.74, 6) is -0.789. The van der Waals surface area contributed by atoms with Gasteiger partial charge in [-0.25, -0.2) is 0 Å². The highest BCUT2D eigenvalue weighted by molar-refractivity contribution is 6.20. The summed E-state index contributed by atoms with van der Waals surface area (Å²) in [6, 6.07) is 30.2. The fourth-order valence-corrected chi connectivity index (χ4v) is 3.83. The lowest BCUT2D eigenvalue weighted by atomic mass is 9.82. The minimum absolute atomic E-state index is 0.0610. The van der Waals surface area contributed by atoms with E-state index in [0.29, 0.717) is 0 Å². The van der Waals surface area contributed by atoms with Crippen LogP contribution in [-0.2, 0) is 10.2 Å². The van der Waals surface area contributed by atoms with Crippen molar-refractivity contribution in [1.82, 2.24) is 0 Å². The van der Waals surface area contributed by atoms with E-state index >= 15 is 0 Å². The van der Waals surface area contributed by atoms with Gasteiger partial charge < -0.3 is 5.11 Å². The second-order valence-corrected chi connectivity index (χ2v) is 6.32. The summed E-state index contributed by atoms with van der Waals surface area (Å²) in [7, 11) is 0. The Morgan fingerprint density at radius 2 is 1.08 bits per heavy atom. The Hall–Kier alpha value is -3.13. The predicted molar refractivity (Wildman–Crippen MR) is 100 cm³/mol. The molecule has 3 aromatic rings. The highest BCUT2D eigenvalue weighted by Crippen LogP contribution is 2.66. The molecule has 2 nitrogen and oxygen atoms in total. The van der Waals surface area contributed by atoms with Crippen molar-refractivity contribution in [1.29, 1.82) is 0 Å². The first kappa shape index (κ1) is 15.4. The van der Waals surface area contributed by atoms with Crippen molar-refractivity contribution in [2.75, 3.05) is 0 Å². The molecule has 1 aliphatic rings. The predicted octanol–water partition coefficient (Wildman–Crippen LogP) is 5.02. The summed E-state index contributed by atoms with van der Waals surface area (Å²) >= 11 is 0. The summed E-state index contributed by atoms with van der Waals surface area (Å²) < 4.78 is 0. The Morgan fingerprint density at radius 1 is 0.680 bits per heavy atom. The van der Waals surface area contributed by atoms with E-state index in [9.17, 15) is 9.90 Å². The van der Waals surface area contributed by atoms with Crippen molar-refractivity contribution in [3.05, 3.63) is 108 Å². The molecular formula is C23H18O2. The number of carboxylic acids is 1. The molecule has 1 aliphatic carbocycles. The van der Waals surface area contributed by atoms with E-state index in [1.165, 1.54) is 0 Å². The number of hydrogen-bond donors (Lipinski definition) is 1. The molecule has 0 amide bonds. The molecule has 0 unspecified atom stereocenters. The zero-order valence-corrected chi connectivity index (χ0v) is 13.7. The first-order valence-electron chi connectivity index (χ1n) is 8.37. The average molecular weight is 326 g/mol. The van der Waals surface area contributed by atoms with E-state index in [1.54, 1.807) is 0 Å². The second kappa shape index (κ2) is 6.06. The van der Waals surface area contributed by atoms with Gasteiger partial charge in [0, 0.05) is 0 Å². The number of allylic oxidation sites excluding steroid dienone is 2. The zero-order valence-electron chi connectivity index (χ0n) is 13.7. The molecule has 122 valence electrons. The van der Waals surface area contributed by atoms with Crippen LogP contribution in [0.15, 0.2) is 91.0 Å². The molecule has 0 saturated carbocycles. The minimum atomic E-state index is -0.789. The van der Waals surface area contributed by atoms with E-state index in [1.807, 2.05) is 66.7 Å². The van der Waals surface area contributed by atoms with Gasteiger partial charge >= 0.3 is 5.97 Å². The first-order chi connectivity index (χ1) is 12.2. The van der Waals surface area contributed by atoms with Crippen molar-refractivity contribution >= 4 is 17.1 Å². The summed E-state index contributed by atoms with van der Waals surface area (Å²) in [4.78, 5) is 11.8. The minimum Gasteiger partial charge on any atom is -0.481 e. The molecule has 0 heterocycles. The van der Waals surface area contributed by atoms with Gasteiger partial charge in [0.25, 0.3) is 0 Å². The SMILES string of the molecule is O=C(O)CC1(c2ccccc2)C(c2ccccc2)=C1c1ccccc1. The van der Waals surface area contributed by atoms with E-state index in [2.05, 4.69) is 24.3 Å². The van der Waals surface area contributed by atoms with Crippen LogP contribution in [-0.4, -0.2) is 11.1 Å². The van der Waals surface area contributed by atoms with Crippen LogP contribution in [0.25, 0.3) is 11.1 Å². The molecule has 0 atom stereocenters. The molecule has 0 aliphatic heterocycles. The van der Waals surface area contributed by atoms with Crippen LogP contribution in [0.3, 0.4) is 0 Å². The molecule has 25 heavy (non-hydrogen) atoms. The van der Waals surface area contributed by atoms with Crippen LogP contribution in [0.5, 0.6) is 0 Å². The number of rotatable bonds is 5. The molecule has 0 saturated heterocycles. The van der Waals surface area contributed by atoms with Gasteiger partial charge in [-0.05, 0) is 27.8 Å². The van der Waals surface area contributed by atoms with Gasteiger partial charge in [0.05, 0.1) is 11.8 Å². The maximum Gasteiger partial charge on any atom is 0.304 e. The van der Waals surface area contributed by atoms with Crippen LogP contribution in [0, 0.1) is 0 Å². The van der Waals surface area contributed by atoms with Gasteiger partial charge in [0.2, 0.25) is 0 Å². The van der Waals surface area contributed by atoms with Gasteiger partial charge in [0.1, 0.15) is 0 Å². The van der Waals surface area contributed by atoms with Crippen LogP contribution in [0.4, 0.5) is 0 Å². The normalized spacial score (nSPS) is 15.0. The Labute approximate surface area is 147 Å². The monoisotopic (exact) mass is 326 g/mol. The van der Waals surface area contributed by atoms with Crippen LogP contribution in [0.1, 0.15) is 23.1 Å². The molecule has 0 fully saturated rings. The van der Waals surface area contributed by atoms with Crippen molar-refractivity contribution in [3.8, 4) is 0 Å². The third-order valence-electron chi connectivity index (χ3n) is 4.85. The maximum atomic E-state index is 11.8. The third kappa shape index (κ3) is 2.56. The van der Waals surface area contributed by atoms with Gasteiger partial charge in [-0.15, -0.1) is 0 Å². The lowest BCUT2D eigenvalue weighted by Gasteiger charge is -2.19. The largest absolute Gasteiger partial charge is 0.481 e. The van der Waals surface area contributed by atoms with Gasteiger partial charge in [-0.3, -0.25) is 4.79 Å². The Balaban J connectivity index is 1.93. The number of benzene rings is 3. The fourth-order valence-electron chi connectivity index (χ4n) is 3.83. The molecule has 4 rings (SSSR count). The van der Waals surface area contributed by atoms with Gasteiger partial charge in [-0.2, -0.15) is 0 Å². The fraction of sp³-hybridized carbons (Fsp3) is 0.0870. The topological polar surface area (TPSA) is 37.3 Å². The quantitative estimate of drug-likeness (QED) is 0.714. The lowest BCUT2D eigenvalue weighted by Crippen LogP contribution is -2.18. The molecule has 1 N–H and O–H groups in total. The summed E-state index contributed by atoms with van der Waals surface area (Å²) in [6.07, 6.45) is 0.0610. The maximum absolute atomic E-state index is 11.8. The third-order valence-corrected chi connectivity index (χ3v) is 4.85. The number of aliphatic carboxylic acids is 1. The Morgan fingerprint density at radius 3 is 1.48 bits per heavy atom. The van der Waals surface area contributed by atoms with Crippen molar-refractivity contribution in [3.63, 3.8) is 0 Å². The summed E-state index contributed by atoms with van der Waals surface area (Å²) in [5, 5.41) is 9.65. The number of hydrogen-bond acceptors (Lipinski definition) is 1. The highest BCUT2D eigenvalue weighted by atomic mass is 16.4. The molecule has 0 aromatic heterocycles. The molecule has 2 heteroatoms. The van der Waals surface area contributed by atoms with Crippen LogP contribution < -0.4 is 0 Å².